The Morgan fingerprint density at radius 1 is 1.02 bits per heavy atom. The minimum atomic E-state index is -4.42. The number of hydrogen-bond donors (Lipinski definition) is 3. The third kappa shape index (κ3) is 8.34. The number of nitrogens with one attached hydrogen (secondary N) is 3. The predicted molar refractivity (Wildman–Crippen MR) is 160 cm³/mol. The van der Waals surface area contributed by atoms with Crippen LogP contribution in [0, 0.1) is 17.2 Å². The lowest BCUT2D eigenvalue weighted by Gasteiger charge is -2.27. The van der Waals surface area contributed by atoms with Crippen LogP contribution in [0.1, 0.15) is 60.8 Å². The van der Waals surface area contributed by atoms with Crippen molar-refractivity contribution in [3.63, 3.8) is 0 Å². The van der Waals surface area contributed by atoms with Crippen LogP contribution in [0.4, 0.5) is 24.9 Å². The molecule has 4 aromatic rings. The Morgan fingerprint density at radius 2 is 1.82 bits per heavy atom. The van der Waals surface area contributed by atoms with E-state index in [9.17, 15) is 23.2 Å². The van der Waals surface area contributed by atoms with Gasteiger partial charge in [0.1, 0.15) is 24.0 Å². The van der Waals surface area contributed by atoms with Crippen LogP contribution in [0.3, 0.4) is 0 Å². The molecule has 5 rings (SSSR count). The second-order valence-electron chi connectivity index (χ2n) is 10.9. The molecule has 2 aromatic heterocycles. The second kappa shape index (κ2) is 14.0. The van der Waals surface area contributed by atoms with Gasteiger partial charge in [0.25, 0.3) is 0 Å². The smallest absolute Gasteiger partial charge is 0.358 e. The molecule has 44 heavy (non-hydrogen) atoms. The van der Waals surface area contributed by atoms with Crippen molar-refractivity contribution in [2.45, 2.75) is 63.8 Å². The molecule has 0 aliphatic heterocycles. The van der Waals surface area contributed by atoms with Crippen molar-refractivity contribution in [3.8, 4) is 11.9 Å². The number of nitriles is 1. The van der Waals surface area contributed by atoms with Crippen molar-refractivity contribution in [3.05, 3.63) is 95.6 Å². The topological polar surface area (TPSA) is 121 Å². The van der Waals surface area contributed by atoms with Crippen LogP contribution in [0.25, 0.3) is 5.82 Å². The molecular weight excluding hydrogens is 569 g/mol. The van der Waals surface area contributed by atoms with Crippen molar-refractivity contribution in [1.82, 2.24) is 24.8 Å². The molecule has 1 aliphatic rings. The number of carbonyl (C=O) groups is 1. The number of carbonyl (C=O) groups excluding carboxylic acids is 1. The average molecular weight is 603 g/mol. The van der Waals surface area contributed by atoms with Gasteiger partial charge in [-0.15, -0.1) is 0 Å². The maximum atomic E-state index is 13.5. The number of hydrogen-bond acceptors (Lipinski definition) is 7. The van der Waals surface area contributed by atoms with E-state index >= 15 is 0 Å². The summed E-state index contributed by atoms with van der Waals surface area (Å²) in [6.45, 7) is 0.472. The Hall–Kier alpha value is -4.92. The lowest BCUT2D eigenvalue weighted by molar-refractivity contribution is -0.137. The molecule has 2 heterocycles. The monoisotopic (exact) mass is 602 g/mol. The Bertz CT molecular complexity index is 1580. The molecule has 1 atom stereocenters. The van der Waals surface area contributed by atoms with Crippen molar-refractivity contribution < 1.29 is 18.0 Å². The third-order valence-electron chi connectivity index (χ3n) is 7.67. The standard InChI is InChI=1S/C32H33F3N8O/c33-32(34,35)26-11-9-23(10-12-26)19-38-30(44)27(16-22-5-2-1-3-6-22)40-28-17-29(43-14-13-37-21-43)42-31(41-28)39-20-25-8-4-7-24(15-25)18-36/h4,7-15,17,21-22,27H,1-3,5-6,16,19-20H2,(H,38,44)(H2,39,40,41,42)/t27-/m1/s1. The first-order valence-electron chi connectivity index (χ1n) is 14.6. The number of halogens is 3. The number of anilines is 2. The summed E-state index contributed by atoms with van der Waals surface area (Å²) in [7, 11) is 0. The van der Waals surface area contributed by atoms with E-state index < -0.39 is 17.8 Å². The molecule has 228 valence electrons. The number of rotatable bonds is 11. The zero-order valence-electron chi connectivity index (χ0n) is 24.0. The van der Waals surface area contributed by atoms with Crippen LogP contribution in [-0.4, -0.2) is 31.5 Å². The van der Waals surface area contributed by atoms with Crippen molar-refractivity contribution in [2.75, 3.05) is 10.6 Å². The van der Waals surface area contributed by atoms with Gasteiger partial charge in [0, 0.05) is 31.5 Å². The number of nitrogens with zero attached hydrogens (tertiary/aromatic N) is 5. The van der Waals surface area contributed by atoms with Crippen LogP contribution >= 0.6 is 0 Å². The molecule has 1 amide bonds. The Balaban J connectivity index is 1.35. The van der Waals surface area contributed by atoms with Gasteiger partial charge < -0.3 is 16.0 Å². The van der Waals surface area contributed by atoms with E-state index in [-0.39, 0.29) is 12.5 Å². The maximum Gasteiger partial charge on any atom is 0.416 e. The molecule has 3 N–H and O–H groups in total. The van der Waals surface area contributed by atoms with Gasteiger partial charge >= 0.3 is 6.18 Å². The van der Waals surface area contributed by atoms with E-state index in [1.165, 1.54) is 18.6 Å². The lowest BCUT2D eigenvalue weighted by Crippen LogP contribution is -2.41. The molecule has 1 aliphatic carbocycles. The summed E-state index contributed by atoms with van der Waals surface area (Å²) in [4.78, 5) is 26.9. The van der Waals surface area contributed by atoms with Crippen LogP contribution in [0.2, 0.25) is 0 Å². The highest BCUT2D eigenvalue weighted by molar-refractivity contribution is 5.84. The number of alkyl halides is 3. The predicted octanol–water partition coefficient (Wildman–Crippen LogP) is 6.23. The molecule has 2 aromatic carbocycles. The molecule has 12 heteroatoms. The van der Waals surface area contributed by atoms with Crippen molar-refractivity contribution in [2.24, 2.45) is 5.92 Å². The normalized spacial score (nSPS) is 14.4. The van der Waals surface area contributed by atoms with Crippen molar-refractivity contribution >= 4 is 17.7 Å². The number of imidazole rings is 1. The fraction of sp³-hybridized carbons (Fsp3) is 0.344. The van der Waals surface area contributed by atoms with E-state index in [4.69, 9.17) is 0 Å². The molecule has 0 unspecified atom stereocenters. The molecule has 0 saturated heterocycles. The van der Waals surface area contributed by atoms with Crippen molar-refractivity contribution in [1.29, 1.82) is 5.26 Å². The first-order chi connectivity index (χ1) is 21.3. The largest absolute Gasteiger partial charge is 0.416 e. The summed E-state index contributed by atoms with van der Waals surface area (Å²) in [5.41, 5.74) is 1.27. The van der Waals surface area contributed by atoms with Crippen LogP contribution in [0.5, 0.6) is 0 Å². The fourth-order valence-electron chi connectivity index (χ4n) is 5.34. The molecule has 0 bridgehead atoms. The van der Waals surface area contributed by atoms with E-state index in [1.807, 2.05) is 12.1 Å². The van der Waals surface area contributed by atoms with E-state index in [1.54, 1.807) is 41.5 Å². The molecule has 1 saturated carbocycles. The highest BCUT2D eigenvalue weighted by Crippen LogP contribution is 2.30. The second-order valence-corrected chi connectivity index (χ2v) is 10.9. The Morgan fingerprint density at radius 3 is 2.52 bits per heavy atom. The number of aromatic nitrogens is 4. The molecular formula is C32H33F3N8O. The molecule has 0 spiro atoms. The number of benzene rings is 2. The average Bonchev–Trinajstić information content (AvgIpc) is 3.58. The minimum absolute atomic E-state index is 0.0957. The van der Waals surface area contributed by atoms with Crippen LogP contribution in [0.15, 0.2) is 73.3 Å². The fourth-order valence-corrected chi connectivity index (χ4v) is 5.34. The first kappa shape index (κ1) is 30.5. The zero-order chi connectivity index (χ0) is 30.9. The van der Waals surface area contributed by atoms with Gasteiger partial charge in [-0.3, -0.25) is 9.36 Å². The van der Waals surface area contributed by atoms with Gasteiger partial charge in [-0.1, -0.05) is 56.4 Å². The van der Waals surface area contributed by atoms with Gasteiger partial charge in [0.05, 0.1) is 17.2 Å². The lowest BCUT2D eigenvalue weighted by atomic mass is 9.84. The van der Waals surface area contributed by atoms with E-state index in [0.717, 1.165) is 43.4 Å². The number of amides is 1. The summed E-state index contributed by atoms with van der Waals surface area (Å²) in [5.74, 6) is 1.39. The van der Waals surface area contributed by atoms with Gasteiger partial charge in [-0.05, 0) is 47.7 Å². The summed E-state index contributed by atoms with van der Waals surface area (Å²) < 4.78 is 40.6. The molecule has 0 radical (unpaired) electrons. The quantitative estimate of drug-likeness (QED) is 0.186. The van der Waals surface area contributed by atoms with E-state index in [0.29, 0.717) is 47.6 Å². The third-order valence-corrected chi connectivity index (χ3v) is 7.67. The molecule has 1 fully saturated rings. The van der Waals surface area contributed by atoms with Gasteiger partial charge in [-0.2, -0.15) is 28.4 Å². The summed E-state index contributed by atoms with van der Waals surface area (Å²) in [6, 6.07) is 15.2. The SMILES string of the molecule is N#Cc1cccc(CNc2nc(N[C@H](CC3CCCCC3)C(=O)NCc3ccc(C(F)(F)F)cc3)cc(-n3ccnc3)n2)c1. The highest BCUT2D eigenvalue weighted by Gasteiger charge is 2.30. The Labute approximate surface area is 253 Å². The van der Waals surface area contributed by atoms with Crippen LogP contribution < -0.4 is 16.0 Å². The summed E-state index contributed by atoms with van der Waals surface area (Å²) in [5, 5.41) is 18.7. The van der Waals surface area contributed by atoms with Gasteiger partial charge in [-0.25, -0.2) is 4.98 Å². The molecule has 9 nitrogen and oxygen atoms in total. The minimum Gasteiger partial charge on any atom is -0.358 e. The van der Waals surface area contributed by atoms with Crippen LogP contribution in [-0.2, 0) is 24.1 Å². The van der Waals surface area contributed by atoms with Gasteiger partial charge in [0.15, 0.2) is 0 Å². The highest BCUT2D eigenvalue weighted by atomic mass is 19.4. The Kier molecular flexibility index (Phi) is 9.74. The summed E-state index contributed by atoms with van der Waals surface area (Å²) in [6.07, 6.45) is 6.65. The maximum absolute atomic E-state index is 13.5. The first-order valence-corrected chi connectivity index (χ1v) is 14.6. The summed E-state index contributed by atoms with van der Waals surface area (Å²) >= 11 is 0. The van der Waals surface area contributed by atoms with Gasteiger partial charge in [0.2, 0.25) is 11.9 Å². The van der Waals surface area contributed by atoms with E-state index in [2.05, 4.69) is 37.0 Å². The zero-order valence-corrected chi connectivity index (χ0v) is 24.0.